The van der Waals surface area contributed by atoms with Crippen LogP contribution in [0.3, 0.4) is 0 Å². The molecule has 0 aliphatic rings. The molecule has 0 atom stereocenters. The second-order valence-corrected chi connectivity index (χ2v) is 4.96. The number of rotatable bonds is 5. The molecule has 0 aliphatic heterocycles. The average molecular weight is 264 g/mol. The van der Waals surface area contributed by atoms with Gasteiger partial charge in [-0.05, 0) is 31.5 Å². The van der Waals surface area contributed by atoms with Gasteiger partial charge < -0.3 is 15.8 Å². The van der Waals surface area contributed by atoms with Crippen LogP contribution in [0.4, 0.5) is 0 Å². The Hall–Kier alpha value is -1.88. The topological polar surface area (TPSA) is 81.4 Å². The number of hydrogen-bond donors (Lipinski definition) is 2. The maximum atomic E-state index is 11.9. The summed E-state index contributed by atoms with van der Waals surface area (Å²) in [5.41, 5.74) is 6.24. The van der Waals surface area contributed by atoms with Gasteiger partial charge in [-0.15, -0.1) is 0 Å². The summed E-state index contributed by atoms with van der Waals surface area (Å²) in [4.78, 5) is 23.4. The summed E-state index contributed by atoms with van der Waals surface area (Å²) < 4.78 is 4.68. The standard InChI is InChI=1S/C14H20N2O3/c1-14(2,13(18)19-3)9-16-12(17)11-6-4-10(8-15)5-7-11/h4-7H,8-9,15H2,1-3H3,(H,16,17). The van der Waals surface area contributed by atoms with E-state index in [-0.39, 0.29) is 18.4 Å². The molecule has 1 rings (SSSR count). The van der Waals surface area contributed by atoms with Crippen LogP contribution in [0.5, 0.6) is 0 Å². The van der Waals surface area contributed by atoms with Crippen molar-refractivity contribution in [3.05, 3.63) is 35.4 Å². The molecule has 1 aromatic carbocycles. The molecule has 0 aliphatic carbocycles. The van der Waals surface area contributed by atoms with Crippen molar-refractivity contribution in [2.75, 3.05) is 13.7 Å². The van der Waals surface area contributed by atoms with E-state index in [9.17, 15) is 9.59 Å². The van der Waals surface area contributed by atoms with E-state index in [1.165, 1.54) is 7.11 Å². The fourth-order valence-electron chi connectivity index (χ4n) is 1.54. The van der Waals surface area contributed by atoms with Crippen LogP contribution in [-0.4, -0.2) is 25.5 Å². The lowest BCUT2D eigenvalue weighted by atomic mass is 9.93. The molecule has 1 aromatic rings. The third-order valence-electron chi connectivity index (χ3n) is 2.88. The summed E-state index contributed by atoms with van der Waals surface area (Å²) in [5, 5.41) is 2.72. The molecule has 5 heteroatoms. The Morgan fingerprint density at radius 3 is 2.32 bits per heavy atom. The number of benzene rings is 1. The number of nitrogens with two attached hydrogens (primary N) is 1. The Bertz CT molecular complexity index is 452. The van der Waals surface area contributed by atoms with Crippen LogP contribution in [0.1, 0.15) is 29.8 Å². The van der Waals surface area contributed by atoms with Gasteiger partial charge in [0.05, 0.1) is 12.5 Å². The van der Waals surface area contributed by atoms with E-state index in [1.54, 1.807) is 38.1 Å². The largest absolute Gasteiger partial charge is 0.469 e. The van der Waals surface area contributed by atoms with Gasteiger partial charge in [0.15, 0.2) is 0 Å². The summed E-state index contributed by atoms with van der Waals surface area (Å²) in [6.45, 7) is 4.10. The molecular weight excluding hydrogens is 244 g/mol. The van der Waals surface area contributed by atoms with Gasteiger partial charge in [0, 0.05) is 18.7 Å². The first-order valence-electron chi connectivity index (χ1n) is 6.06. The van der Waals surface area contributed by atoms with E-state index < -0.39 is 5.41 Å². The summed E-state index contributed by atoms with van der Waals surface area (Å²) >= 11 is 0. The summed E-state index contributed by atoms with van der Waals surface area (Å²) in [7, 11) is 1.33. The van der Waals surface area contributed by atoms with E-state index in [4.69, 9.17) is 5.73 Å². The molecule has 0 fully saturated rings. The van der Waals surface area contributed by atoms with Crippen molar-refractivity contribution in [1.29, 1.82) is 0 Å². The molecule has 1 amide bonds. The Labute approximate surface area is 113 Å². The molecule has 0 bridgehead atoms. The molecule has 19 heavy (non-hydrogen) atoms. The zero-order valence-corrected chi connectivity index (χ0v) is 11.5. The maximum absolute atomic E-state index is 11.9. The molecule has 0 spiro atoms. The minimum atomic E-state index is -0.748. The number of carbonyl (C=O) groups excluding carboxylic acids is 2. The minimum Gasteiger partial charge on any atom is -0.469 e. The molecule has 5 nitrogen and oxygen atoms in total. The van der Waals surface area contributed by atoms with Crippen molar-refractivity contribution < 1.29 is 14.3 Å². The predicted molar refractivity (Wildman–Crippen MR) is 72.5 cm³/mol. The summed E-state index contributed by atoms with van der Waals surface area (Å²) in [6, 6.07) is 7.03. The van der Waals surface area contributed by atoms with E-state index in [1.807, 2.05) is 0 Å². The van der Waals surface area contributed by atoms with E-state index in [2.05, 4.69) is 10.1 Å². The lowest BCUT2D eigenvalue weighted by Crippen LogP contribution is -2.39. The second kappa shape index (κ2) is 6.33. The number of carbonyl (C=O) groups is 2. The quantitative estimate of drug-likeness (QED) is 0.780. The highest BCUT2D eigenvalue weighted by atomic mass is 16.5. The second-order valence-electron chi connectivity index (χ2n) is 4.96. The van der Waals surface area contributed by atoms with Crippen molar-refractivity contribution in [2.45, 2.75) is 20.4 Å². The third-order valence-corrected chi connectivity index (χ3v) is 2.88. The fourth-order valence-corrected chi connectivity index (χ4v) is 1.54. The number of hydrogen-bond acceptors (Lipinski definition) is 4. The highest BCUT2D eigenvalue weighted by molar-refractivity contribution is 5.94. The SMILES string of the molecule is COC(=O)C(C)(C)CNC(=O)c1ccc(CN)cc1. The molecule has 104 valence electrons. The molecule has 0 aromatic heterocycles. The first-order valence-corrected chi connectivity index (χ1v) is 6.06. The van der Waals surface area contributed by atoms with E-state index >= 15 is 0 Å². The summed E-state index contributed by atoms with van der Waals surface area (Å²) in [5.74, 6) is -0.577. The molecule has 0 radical (unpaired) electrons. The first kappa shape index (κ1) is 15.2. The third kappa shape index (κ3) is 4.06. The molecule has 0 saturated carbocycles. The maximum Gasteiger partial charge on any atom is 0.313 e. The molecule has 0 unspecified atom stereocenters. The highest BCUT2D eigenvalue weighted by Crippen LogP contribution is 2.15. The van der Waals surface area contributed by atoms with Crippen molar-refractivity contribution in [3.8, 4) is 0 Å². The molecule has 3 N–H and O–H groups in total. The number of methoxy groups -OCH3 is 1. The van der Waals surface area contributed by atoms with Gasteiger partial charge in [0.2, 0.25) is 0 Å². The monoisotopic (exact) mass is 264 g/mol. The van der Waals surface area contributed by atoms with Crippen molar-refractivity contribution in [1.82, 2.24) is 5.32 Å². The zero-order valence-electron chi connectivity index (χ0n) is 11.5. The predicted octanol–water partition coefficient (Wildman–Crippen LogP) is 1.07. The number of esters is 1. The normalized spacial score (nSPS) is 10.9. The Morgan fingerprint density at radius 2 is 1.84 bits per heavy atom. The zero-order chi connectivity index (χ0) is 14.5. The van der Waals surface area contributed by atoms with Crippen LogP contribution in [0.15, 0.2) is 24.3 Å². The Kier molecular flexibility index (Phi) is 5.06. The highest BCUT2D eigenvalue weighted by Gasteiger charge is 2.29. The van der Waals surface area contributed by atoms with Gasteiger partial charge in [-0.25, -0.2) is 0 Å². The average Bonchev–Trinajstić information content (AvgIpc) is 2.43. The van der Waals surface area contributed by atoms with Crippen molar-refractivity contribution >= 4 is 11.9 Å². The molecule has 0 heterocycles. The van der Waals surface area contributed by atoms with Gasteiger partial charge in [0.25, 0.3) is 5.91 Å². The number of nitrogens with one attached hydrogen (secondary N) is 1. The van der Waals surface area contributed by atoms with Gasteiger partial charge in [-0.3, -0.25) is 9.59 Å². The molecular formula is C14H20N2O3. The minimum absolute atomic E-state index is 0.219. The Morgan fingerprint density at radius 1 is 1.26 bits per heavy atom. The van der Waals surface area contributed by atoms with Gasteiger partial charge in [-0.1, -0.05) is 12.1 Å². The van der Waals surface area contributed by atoms with Crippen LogP contribution in [0.25, 0.3) is 0 Å². The van der Waals surface area contributed by atoms with Gasteiger partial charge in [-0.2, -0.15) is 0 Å². The van der Waals surface area contributed by atoms with Gasteiger partial charge in [0.1, 0.15) is 0 Å². The number of amides is 1. The van der Waals surface area contributed by atoms with Crippen molar-refractivity contribution in [2.24, 2.45) is 11.1 Å². The lowest BCUT2D eigenvalue weighted by Gasteiger charge is -2.21. The van der Waals surface area contributed by atoms with E-state index in [0.717, 1.165) is 5.56 Å². The lowest BCUT2D eigenvalue weighted by molar-refractivity contribution is -0.150. The van der Waals surface area contributed by atoms with Crippen LogP contribution in [-0.2, 0) is 16.1 Å². The van der Waals surface area contributed by atoms with E-state index in [0.29, 0.717) is 12.1 Å². The van der Waals surface area contributed by atoms with Crippen LogP contribution < -0.4 is 11.1 Å². The smallest absolute Gasteiger partial charge is 0.313 e. The van der Waals surface area contributed by atoms with Crippen LogP contribution >= 0.6 is 0 Å². The number of ether oxygens (including phenoxy) is 1. The van der Waals surface area contributed by atoms with Gasteiger partial charge >= 0.3 is 5.97 Å². The van der Waals surface area contributed by atoms with Crippen molar-refractivity contribution in [3.63, 3.8) is 0 Å². The summed E-state index contributed by atoms with van der Waals surface area (Å²) in [6.07, 6.45) is 0. The molecule has 0 saturated heterocycles. The van der Waals surface area contributed by atoms with Crippen LogP contribution in [0, 0.1) is 5.41 Å². The Balaban J connectivity index is 2.62. The van der Waals surface area contributed by atoms with Crippen LogP contribution in [0.2, 0.25) is 0 Å². The fraction of sp³-hybridized carbons (Fsp3) is 0.429. The first-order chi connectivity index (χ1) is 8.90.